The number of ketones is 2. The quantitative estimate of drug-likeness (QED) is 0.364. The average molecular weight is 447 g/mol. The molecule has 0 bridgehead atoms. The molecule has 2 aromatic carbocycles. The van der Waals surface area contributed by atoms with Crippen LogP contribution in [-0.4, -0.2) is 40.8 Å². The second-order valence-corrected chi connectivity index (χ2v) is 6.61. The van der Waals surface area contributed by atoms with Crippen molar-refractivity contribution in [1.29, 1.82) is 0 Å². The number of alkyl halides is 1. The van der Waals surface area contributed by atoms with Gasteiger partial charge in [0.05, 0.1) is 14.2 Å². The molecule has 0 aromatic heterocycles. The van der Waals surface area contributed by atoms with Gasteiger partial charge in [-0.1, -0.05) is 40.2 Å². The van der Waals surface area contributed by atoms with Crippen LogP contribution in [0, 0.1) is 0 Å². The number of hydrogen-bond acceptors (Lipinski definition) is 6. The van der Waals surface area contributed by atoms with E-state index in [-0.39, 0.29) is 23.0 Å². The smallest absolute Gasteiger partial charge is 0.177 e. The molecule has 0 unspecified atom stereocenters. The molecular weight excluding hydrogens is 428 g/mol. The first-order chi connectivity index (χ1) is 13.3. The fourth-order valence-corrected chi connectivity index (χ4v) is 2.57. The van der Waals surface area contributed by atoms with Crippen molar-refractivity contribution in [2.75, 3.05) is 14.2 Å². The largest absolute Gasteiger partial charge is 0.504 e. The molecule has 2 aromatic rings. The highest BCUT2D eigenvalue weighted by molar-refractivity contribution is 9.10. The summed E-state index contributed by atoms with van der Waals surface area (Å²) in [6.07, 6.45) is 5.61. The Morgan fingerprint density at radius 2 is 1.25 bits per heavy atom. The van der Waals surface area contributed by atoms with Crippen LogP contribution in [0.4, 0.5) is 0 Å². The van der Waals surface area contributed by atoms with Gasteiger partial charge < -0.3 is 19.7 Å². The van der Waals surface area contributed by atoms with E-state index >= 15 is 0 Å². The summed E-state index contributed by atoms with van der Waals surface area (Å²) in [6, 6.07) is 9.28. The van der Waals surface area contributed by atoms with Gasteiger partial charge in [0, 0.05) is 0 Å². The third kappa shape index (κ3) is 5.47. The molecule has 0 aliphatic rings. The standard InChI is InChI=1S/C21H19BrO6/c1-27-19-11-13(3-7-15(19)23)5-9-17(25)21(22)18(26)10-6-14-4-8-16(24)20(12-14)28-2/h3-12,21,23-24H,1-2H3/b9-5+,10-6+. The highest BCUT2D eigenvalue weighted by atomic mass is 79.9. The molecule has 28 heavy (non-hydrogen) atoms. The lowest BCUT2D eigenvalue weighted by Crippen LogP contribution is -2.20. The van der Waals surface area contributed by atoms with Crippen molar-refractivity contribution in [3.63, 3.8) is 0 Å². The summed E-state index contributed by atoms with van der Waals surface area (Å²) < 4.78 is 10.0. The first-order valence-corrected chi connectivity index (χ1v) is 9.09. The average Bonchev–Trinajstić information content (AvgIpc) is 2.71. The number of rotatable bonds is 8. The van der Waals surface area contributed by atoms with Gasteiger partial charge in [0.1, 0.15) is 4.83 Å². The third-order valence-electron chi connectivity index (χ3n) is 3.79. The summed E-state index contributed by atoms with van der Waals surface area (Å²) in [5, 5.41) is 19.2. The van der Waals surface area contributed by atoms with Crippen molar-refractivity contribution in [2.45, 2.75) is 4.83 Å². The number of ether oxygens (including phenoxy) is 2. The van der Waals surface area contributed by atoms with Crippen molar-refractivity contribution >= 4 is 39.6 Å². The maximum Gasteiger partial charge on any atom is 0.177 e. The van der Waals surface area contributed by atoms with E-state index in [0.717, 1.165) is 0 Å². The monoisotopic (exact) mass is 446 g/mol. The predicted octanol–water partition coefficient (Wildman–Crippen LogP) is 3.74. The Morgan fingerprint density at radius 1 is 0.857 bits per heavy atom. The minimum Gasteiger partial charge on any atom is -0.504 e. The molecule has 0 radical (unpaired) electrons. The first-order valence-electron chi connectivity index (χ1n) is 8.17. The summed E-state index contributed by atoms with van der Waals surface area (Å²) in [6.45, 7) is 0. The molecule has 0 fully saturated rings. The predicted molar refractivity (Wildman–Crippen MR) is 110 cm³/mol. The number of halogens is 1. The van der Waals surface area contributed by atoms with Gasteiger partial charge in [-0.3, -0.25) is 9.59 Å². The summed E-state index contributed by atoms with van der Waals surface area (Å²) in [5.74, 6) is -0.289. The summed E-state index contributed by atoms with van der Waals surface area (Å²) in [7, 11) is 2.85. The van der Waals surface area contributed by atoms with Crippen molar-refractivity contribution in [3.8, 4) is 23.0 Å². The van der Waals surface area contributed by atoms with Gasteiger partial charge in [-0.25, -0.2) is 0 Å². The van der Waals surface area contributed by atoms with Crippen LogP contribution in [0.2, 0.25) is 0 Å². The number of phenolic OH excluding ortho intramolecular Hbond substituents is 2. The number of hydrogen-bond donors (Lipinski definition) is 2. The number of allylic oxidation sites excluding steroid dienone is 2. The zero-order chi connectivity index (χ0) is 20.7. The summed E-state index contributed by atoms with van der Waals surface area (Å²) in [5.41, 5.74) is 1.28. The zero-order valence-electron chi connectivity index (χ0n) is 15.3. The van der Waals surface area contributed by atoms with Crippen LogP contribution in [0.5, 0.6) is 23.0 Å². The molecule has 2 rings (SSSR count). The van der Waals surface area contributed by atoms with E-state index < -0.39 is 16.4 Å². The lowest BCUT2D eigenvalue weighted by Gasteiger charge is -2.05. The van der Waals surface area contributed by atoms with Gasteiger partial charge in [-0.2, -0.15) is 0 Å². The molecule has 2 N–H and O–H groups in total. The van der Waals surface area contributed by atoms with Crippen molar-refractivity contribution in [3.05, 3.63) is 59.7 Å². The van der Waals surface area contributed by atoms with Crippen LogP contribution in [0.25, 0.3) is 12.2 Å². The Balaban J connectivity index is 2.05. The molecule has 6 nitrogen and oxygen atoms in total. The van der Waals surface area contributed by atoms with Gasteiger partial charge in [0.25, 0.3) is 0 Å². The van der Waals surface area contributed by atoms with Gasteiger partial charge in [0.15, 0.2) is 34.6 Å². The number of benzene rings is 2. The SMILES string of the molecule is COc1cc(/C=C/C(=O)C(Br)C(=O)/C=C/c2ccc(O)c(OC)c2)ccc1O. The third-order valence-corrected chi connectivity index (χ3v) is 4.69. The van der Waals surface area contributed by atoms with Gasteiger partial charge in [-0.05, 0) is 47.5 Å². The highest BCUT2D eigenvalue weighted by Gasteiger charge is 2.18. The molecule has 0 saturated heterocycles. The number of carbonyl (C=O) groups excluding carboxylic acids is 2. The number of phenols is 2. The van der Waals surface area contributed by atoms with E-state index in [1.54, 1.807) is 24.3 Å². The summed E-state index contributed by atoms with van der Waals surface area (Å²) >= 11 is 3.10. The van der Waals surface area contributed by atoms with Gasteiger partial charge in [0.2, 0.25) is 0 Å². The Hall–Kier alpha value is -3.06. The molecule has 0 atom stereocenters. The molecule has 0 heterocycles. The molecule has 0 saturated carbocycles. The van der Waals surface area contributed by atoms with Gasteiger partial charge >= 0.3 is 0 Å². The Labute approximate surface area is 170 Å². The fourth-order valence-electron chi connectivity index (χ4n) is 2.26. The van der Waals surface area contributed by atoms with E-state index in [0.29, 0.717) is 11.1 Å². The summed E-state index contributed by atoms with van der Waals surface area (Å²) in [4.78, 5) is 23.4. The van der Waals surface area contributed by atoms with Crippen LogP contribution in [-0.2, 0) is 9.59 Å². The Morgan fingerprint density at radius 3 is 1.61 bits per heavy atom. The Bertz CT molecular complexity index is 857. The highest BCUT2D eigenvalue weighted by Crippen LogP contribution is 2.27. The zero-order valence-corrected chi connectivity index (χ0v) is 16.8. The van der Waals surface area contributed by atoms with Crippen LogP contribution < -0.4 is 9.47 Å². The van der Waals surface area contributed by atoms with Crippen LogP contribution in [0.15, 0.2) is 48.6 Å². The Kier molecular flexibility index (Phi) is 7.40. The molecular formula is C21H19BrO6. The molecule has 0 aliphatic carbocycles. The van der Waals surface area contributed by atoms with Crippen molar-refractivity contribution < 1.29 is 29.3 Å². The van der Waals surface area contributed by atoms with E-state index in [2.05, 4.69) is 15.9 Å². The van der Waals surface area contributed by atoms with E-state index in [1.165, 1.54) is 50.7 Å². The van der Waals surface area contributed by atoms with Crippen LogP contribution >= 0.6 is 15.9 Å². The van der Waals surface area contributed by atoms with E-state index in [9.17, 15) is 19.8 Å². The minimum atomic E-state index is -1.03. The molecule has 0 aliphatic heterocycles. The maximum absolute atomic E-state index is 12.2. The van der Waals surface area contributed by atoms with Crippen molar-refractivity contribution in [1.82, 2.24) is 0 Å². The van der Waals surface area contributed by atoms with Crippen molar-refractivity contribution in [2.24, 2.45) is 0 Å². The van der Waals surface area contributed by atoms with Gasteiger partial charge in [-0.15, -0.1) is 0 Å². The fraction of sp³-hybridized carbons (Fsp3) is 0.143. The second-order valence-electron chi connectivity index (χ2n) is 5.70. The normalized spacial score (nSPS) is 11.3. The number of carbonyl (C=O) groups is 2. The maximum atomic E-state index is 12.2. The first kappa shape index (κ1) is 21.2. The van der Waals surface area contributed by atoms with Crippen LogP contribution in [0.3, 0.4) is 0 Å². The number of aromatic hydroxyl groups is 2. The van der Waals surface area contributed by atoms with E-state index in [4.69, 9.17) is 9.47 Å². The molecule has 0 spiro atoms. The topological polar surface area (TPSA) is 93.1 Å². The minimum absolute atomic E-state index is 0.00415. The van der Waals surface area contributed by atoms with E-state index in [1.807, 2.05) is 0 Å². The second kappa shape index (κ2) is 9.75. The lowest BCUT2D eigenvalue weighted by atomic mass is 10.1. The van der Waals surface area contributed by atoms with Crippen LogP contribution in [0.1, 0.15) is 11.1 Å². The number of methoxy groups -OCH3 is 2. The molecule has 146 valence electrons. The lowest BCUT2D eigenvalue weighted by molar-refractivity contribution is -0.120. The molecule has 0 amide bonds. The molecule has 7 heteroatoms.